The summed E-state index contributed by atoms with van der Waals surface area (Å²) in [5.41, 5.74) is 7.08. The molecule has 1 amide bonds. The summed E-state index contributed by atoms with van der Waals surface area (Å²) in [5.74, 6) is 0.588. The molecule has 0 atom stereocenters. The lowest BCUT2D eigenvalue weighted by Crippen LogP contribution is -2.14. The lowest BCUT2D eigenvalue weighted by molar-refractivity contribution is -0.118. The van der Waals surface area contributed by atoms with Crippen LogP contribution in [0.2, 0.25) is 0 Å². The Kier molecular flexibility index (Phi) is 5.04. The minimum atomic E-state index is -0.373. The number of carbonyl (C=O) groups is 1. The minimum absolute atomic E-state index is 0.209. The van der Waals surface area contributed by atoms with Gasteiger partial charge in [0.2, 0.25) is 5.91 Å². The number of primary amides is 1. The summed E-state index contributed by atoms with van der Waals surface area (Å²) in [7, 11) is 0. The number of ether oxygens (including phenoxy) is 1. The van der Waals surface area contributed by atoms with Crippen LogP contribution in [0, 0.1) is 0 Å². The molecule has 0 aromatic heterocycles. The summed E-state index contributed by atoms with van der Waals surface area (Å²) >= 11 is 0. The van der Waals surface area contributed by atoms with Crippen molar-refractivity contribution in [3.05, 3.63) is 54.1 Å². The number of nitrogens with one attached hydrogen (secondary N) is 1. The Labute approximate surface area is 123 Å². The fourth-order valence-electron chi connectivity index (χ4n) is 1.76. The van der Waals surface area contributed by atoms with Crippen molar-refractivity contribution in [3.8, 4) is 11.5 Å². The Balaban J connectivity index is 1.81. The summed E-state index contributed by atoms with van der Waals surface area (Å²) in [5, 5.41) is 12.5. The zero-order chi connectivity index (χ0) is 15.1. The molecular weight excluding hydrogens is 268 g/mol. The number of rotatable bonds is 7. The number of phenols is 1. The molecule has 0 bridgehead atoms. The summed E-state index contributed by atoms with van der Waals surface area (Å²) in [6.07, 6.45) is 0.209. The number of hydrogen-bond acceptors (Lipinski definition) is 4. The monoisotopic (exact) mass is 286 g/mol. The highest BCUT2D eigenvalue weighted by Gasteiger charge is 1.98. The first kappa shape index (κ1) is 14.7. The van der Waals surface area contributed by atoms with Gasteiger partial charge in [-0.3, -0.25) is 4.79 Å². The van der Waals surface area contributed by atoms with Crippen LogP contribution in [-0.2, 0) is 11.3 Å². The van der Waals surface area contributed by atoms with Crippen LogP contribution in [0.15, 0.2) is 48.5 Å². The first-order valence-corrected chi connectivity index (χ1v) is 6.66. The van der Waals surface area contributed by atoms with Gasteiger partial charge in [0, 0.05) is 12.2 Å². The predicted octanol–water partition coefficient (Wildman–Crippen LogP) is 2.26. The van der Waals surface area contributed by atoms with Crippen LogP contribution >= 0.6 is 0 Å². The SMILES string of the molecule is NC(=O)CCOc1ccc(NCc2ccc(O)cc2)cc1. The highest BCUT2D eigenvalue weighted by molar-refractivity contribution is 5.73. The Hall–Kier alpha value is -2.69. The summed E-state index contributed by atoms with van der Waals surface area (Å²) in [4.78, 5) is 10.6. The molecule has 0 fully saturated rings. The van der Waals surface area contributed by atoms with E-state index in [2.05, 4.69) is 5.32 Å². The van der Waals surface area contributed by atoms with Crippen molar-refractivity contribution in [1.82, 2.24) is 0 Å². The number of phenolic OH excluding ortho intramolecular Hbond substituents is 1. The van der Waals surface area contributed by atoms with Crippen molar-refractivity contribution in [2.45, 2.75) is 13.0 Å². The maximum Gasteiger partial charge on any atom is 0.220 e. The smallest absolute Gasteiger partial charge is 0.220 e. The standard InChI is InChI=1S/C16H18N2O3/c17-16(20)9-10-21-15-7-3-13(4-8-15)18-11-12-1-5-14(19)6-2-12/h1-8,18-19H,9-11H2,(H2,17,20). The summed E-state index contributed by atoms with van der Waals surface area (Å²) < 4.78 is 5.39. The lowest BCUT2D eigenvalue weighted by Gasteiger charge is -2.09. The molecule has 0 saturated carbocycles. The largest absolute Gasteiger partial charge is 0.508 e. The topological polar surface area (TPSA) is 84.6 Å². The van der Waals surface area contributed by atoms with Crippen LogP contribution in [0.3, 0.4) is 0 Å². The Morgan fingerprint density at radius 3 is 2.38 bits per heavy atom. The fourth-order valence-corrected chi connectivity index (χ4v) is 1.76. The molecule has 21 heavy (non-hydrogen) atoms. The average molecular weight is 286 g/mol. The van der Waals surface area contributed by atoms with Crippen molar-refractivity contribution < 1.29 is 14.6 Å². The van der Waals surface area contributed by atoms with Gasteiger partial charge in [-0.1, -0.05) is 12.1 Å². The van der Waals surface area contributed by atoms with Crippen molar-refractivity contribution in [3.63, 3.8) is 0 Å². The number of hydrogen-bond donors (Lipinski definition) is 3. The van der Waals surface area contributed by atoms with Gasteiger partial charge in [-0.25, -0.2) is 0 Å². The van der Waals surface area contributed by atoms with E-state index in [-0.39, 0.29) is 24.7 Å². The quantitative estimate of drug-likeness (QED) is 0.729. The maximum absolute atomic E-state index is 10.6. The third-order valence-electron chi connectivity index (χ3n) is 2.90. The molecule has 0 aliphatic rings. The Morgan fingerprint density at radius 1 is 1.10 bits per heavy atom. The molecule has 2 aromatic carbocycles. The second-order valence-electron chi connectivity index (χ2n) is 4.61. The van der Waals surface area contributed by atoms with Gasteiger partial charge in [0.25, 0.3) is 0 Å². The van der Waals surface area contributed by atoms with Crippen LogP contribution < -0.4 is 15.8 Å². The molecule has 0 aliphatic heterocycles. The van der Waals surface area contributed by atoms with Gasteiger partial charge in [0.05, 0.1) is 13.0 Å². The third-order valence-corrected chi connectivity index (χ3v) is 2.90. The van der Waals surface area contributed by atoms with Crippen molar-refractivity contribution >= 4 is 11.6 Å². The van der Waals surface area contributed by atoms with Crippen LogP contribution in [-0.4, -0.2) is 17.6 Å². The Morgan fingerprint density at radius 2 is 1.76 bits per heavy atom. The van der Waals surface area contributed by atoms with Crippen LogP contribution in [0.4, 0.5) is 5.69 Å². The van der Waals surface area contributed by atoms with Gasteiger partial charge in [0.1, 0.15) is 11.5 Å². The summed E-state index contributed by atoms with van der Waals surface area (Å²) in [6, 6.07) is 14.5. The van der Waals surface area contributed by atoms with E-state index in [0.29, 0.717) is 12.3 Å². The van der Waals surface area contributed by atoms with Crippen LogP contribution in [0.1, 0.15) is 12.0 Å². The number of nitrogens with two attached hydrogens (primary N) is 1. The van der Waals surface area contributed by atoms with E-state index in [1.807, 2.05) is 36.4 Å². The summed E-state index contributed by atoms with van der Waals surface area (Å²) in [6.45, 7) is 0.956. The molecule has 0 aliphatic carbocycles. The number of aromatic hydroxyl groups is 1. The van der Waals surface area contributed by atoms with E-state index in [0.717, 1.165) is 11.3 Å². The average Bonchev–Trinajstić information content (AvgIpc) is 2.48. The predicted molar refractivity (Wildman–Crippen MR) is 81.2 cm³/mol. The molecule has 110 valence electrons. The molecular formula is C16H18N2O3. The first-order chi connectivity index (χ1) is 10.1. The molecule has 0 spiro atoms. The van der Waals surface area contributed by atoms with Gasteiger partial charge >= 0.3 is 0 Å². The van der Waals surface area contributed by atoms with Crippen LogP contribution in [0.5, 0.6) is 11.5 Å². The molecule has 2 aromatic rings. The van der Waals surface area contributed by atoms with Crippen molar-refractivity contribution in [2.75, 3.05) is 11.9 Å². The highest BCUT2D eigenvalue weighted by atomic mass is 16.5. The highest BCUT2D eigenvalue weighted by Crippen LogP contribution is 2.17. The zero-order valence-electron chi connectivity index (χ0n) is 11.6. The molecule has 5 nitrogen and oxygen atoms in total. The van der Waals surface area contributed by atoms with E-state index >= 15 is 0 Å². The normalized spacial score (nSPS) is 10.1. The molecule has 0 heterocycles. The lowest BCUT2D eigenvalue weighted by atomic mass is 10.2. The Bertz CT molecular complexity index is 579. The minimum Gasteiger partial charge on any atom is -0.508 e. The van der Waals surface area contributed by atoms with Gasteiger partial charge in [-0.15, -0.1) is 0 Å². The van der Waals surface area contributed by atoms with E-state index < -0.39 is 0 Å². The number of anilines is 1. The van der Waals surface area contributed by atoms with Crippen molar-refractivity contribution in [1.29, 1.82) is 0 Å². The molecule has 5 heteroatoms. The molecule has 2 rings (SSSR count). The second kappa shape index (κ2) is 7.19. The first-order valence-electron chi connectivity index (χ1n) is 6.66. The molecule has 0 radical (unpaired) electrons. The number of amides is 1. The van der Waals surface area contributed by atoms with Crippen LogP contribution in [0.25, 0.3) is 0 Å². The number of carbonyl (C=O) groups excluding carboxylic acids is 1. The second-order valence-corrected chi connectivity index (χ2v) is 4.61. The molecule has 0 saturated heterocycles. The fraction of sp³-hybridized carbons (Fsp3) is 0.188. The van der Waals surface area contributed by atoms with Crippen molar-refractivity contribution in [2.24, 2.45) is 5.73 Å². The van der Waals surface area contributed by atoms with Gasteiger partial charge in [-0.05, 0) is 42.0 Å². The maximum atomic E-state index is 10.6. The molecule has 0 unspecified atom stereocenters. The number of benzene rings is 2. The zero-order valence-corrected chi connectivity index (χ0v) is 11.6. The van der Waals surface area contributed by atoms with E-state index in [9.17, 15) is 9.90 Å². The molecule has 4 N–H and O–H groups in total. The third kappa shape index (κ3) is 5.06. The van der Waals surface area contributed by atoms with Gasteiger partial charge < -0.3 is 20.9 Å². The van der Waals surface area contributed by atoms with E-state index in [4.69, 9.17) is 10.5 Å². The van der Waals surface area contributed by atoms with Gasteiger partial charge in [0.15, 0.2) is 0 Å². The van der Waals surface area contributed by atoms with E-state index in [1.165, 1.54) is 0 Å². The van der Waals surface area contributed by atoms with E-state index in [1.54, 1.807) is 12.1 Å². The van der Waals surface area contributed by atoms with Gasteiger partial charge in [-0.2, -0.15) is 0 Å².